The predicted octanol–water partition coefficient (Wildman–Crippen LogP) is 2.28. The Morgan fingerprint density at radius 3 is 2.89 bits per heavy atom. The van der Waals surface area contributed by atoms with Crippen molar-refractivity contribution in [1.82, 2.24) is 4.90 Å². The van der Waals surface area contributed by atoms with Crippen LogP contribution >= 0.6 is 15.9 Å². The van der Waals surface area contributed by atoms with Crippen molar-refractivity contribution in [1.29, 1.82) is 0 Å². The van der Waals surface area contributed by atoms with Crippen LogP contribution < -0.4 is 5.73 Å². The molecule has 0 aliphatic carbocycles. The highest BCUT2D eigenvalue weighted by atomic mass is 79.9. The normalized spacial score (nSPS) is 18.7. The number of amides is 1. The van der Waals surface area contributed by atoms with Crippen LogP contribution in [0, 0.1) is 0 Å². The fraction of sp³-hybridized carbons (Fsp3) is 0.462. The Morgan fingerprint density at radius 2 is 2.22 bits per heavy atom. The van der Waals surface area contributed by atoms with Crippen molar-refractivity contribution < 1.29 is 9.53 Å². The lowest BCUT2D eigenvalue weighted by Crippen LogP contribution is -2.50. The number of nitrogens with two attached hydrogens (primary N) is 1. The molecule has 98 valence electrons. The highest BCUT2D eigenvalue weighted by Gasteiger charge is 2.31. The summed E-state index contributed by atoms with van der Waals surface area (Å²) in [6, 6.07) is 5.27. The molecule has 0 unspecified atom stereocenters. The third-order valence-electron chi connectivity index (χ3n) is 2.93. The van der Waals surface area contributed by atoms with Crippen molar-refractivity contribution in [3.8, 4) is 0 Å². The van der Waals surface area contributed by atoms with Gasteiger partial charge in [0.1, 0.15) is 0 Å². The molecule has 4 nitrogen and oxygen atoms in total. The molecule has 2 rings (SSSR count). The van der Waals surface area contributed by atoms with E-state index < -0.39 is 0 Å². The van der Waals surface area contributed by atoms with Crippen LogP contribution in [0.5, 0.6) is 0 Å². The molecule has 0 spiro atoms. The highest BCUT2D eigenvalue weighted by molar-refractivity contribution is 9.10. The molecule has 1 amide bonds. The number of anilines is 1. The van der Waals surface area contributed by atoms with E-state index >= 15 is 0 Å². The molecular weight excluding hydrogens is 296 g/mol. The minimum absolute atomic E-state index is 0.00875. The largest absolute Gasteiger partial charge is 0.399 e. The summed E-state index contributed by atoms with van der Waals surface area (Å²) in [6.07, 6.45) is 0. The van der Waals surface area contributed by atoms with Crippen LogP contribution in [-0.4, -0.2) is 36.1 Å². The number of morpholine rings is 1. The summed E-state index contributed by atoms with van der Waals surface area (Å²) in [5, 5.41) is 0. The van der Waals surface area contributed by atoms with E-state index in [1.807, 2.05) is 18.7 Å². The molecule has 0 radical (unpaired) electrons. The fourth-order valence-corrected chi connectivity index (χ4v) is 2.48. The lowest BCUT2D eigenvalue weighted by Gasteiger charge is -2.38. The number of halogens is 1. The second kappa shape index (κ2) is 4.90. The smallest absolute Gasteiger partial charge is 0.255 e. The Labute approximate surface area is 115 Å². The first-order valence-corrected chi connectivity index (χ1v) is 6.67. The van der Waals surface area contributed by atoms with Crippen LogP contribution in [-0.2, 0) is 4.74 Å². The van der Waals surface area contributed by atoms with E-state index in [0.717, 1.165) is 4.47 Å². The monoisotopic (exact) mass is 312 g/mol. The second-order valence-corrected chi connectivity index (χ2v) is 5.93. The standard InChI is InChI=1S/C13H17BrN2O2/c1-13(2)8-16(5-6-18-13)12(17)10-7-9(15)3-4-11(10)14/h3-4,7H,5-6,8,15H2,1-2H3. The molecule has 0 bridgehead atoms. The number of rotatable bonds is 1. The fourth-order valence-electron chi connectivity index (χ4n) is 2.07. The number of carbonyl (C=O) groups is 1. The molecule has 2 N–H and O–H groups in total. The number of benzene rings is 1. The van der Waals surface area contributed by atoms with Gasteiger partial charge < -0.3 is 15.4 Å². The van der Waals surface area contributed by atoms with Crippen molar-refractivity contribution in [2.45, 2.75) is 19.4 Å². The van der Waals surface area contributed by atoms with Gasteiger partial charge in [-0.2, -0.15) is 0 Å². The minimum Gasteiger partial charge on any atom is -0.399 e. The third-order valence-corrected chi connectivity index (χ3v) is 3.63. The molecule has 1 fully saturated rings. The van der Waals surface area contributed by atoms with Gasteiger partial charge in [0.25, 0.3) is 5.91 Å². The minimum atomic E-state index is -0.291. The van der Waals surface area contributed by atoms with E-state index in [-0.39, 0.29) is 11.5 Å². The van der Waals surface area contributed by atoms with E-state index in [4.69, 9.17) is 10.5 Å². The van der Waals surface area contributed by atoms with Gasteiger partial charge in [-0.1, -0.05) is 0 Å². The molecule has 1 aliphatic rings. The number of nitrogens with zero attached hydrogens (tertiary/aromatic N) is 1. The maximum Gasteiger partial charge on any atom is 0.255 e. The molecule has 1 heterocycles. The molecular formula is C13H17BrN2O2. The number of hydrogen-bond acceptors (Lipinski definition) is 3. The summed E-state index contributed by atoms with van der Waals surface area (Å²) in [4.78, 5) is 14.3. The van der Waals surface area contributed by atoms with Gasteiger partial charge >= 0.3 is 0 Å². The SMILES string of the molecule is CC1(C)CN(C(=O)c2cc(N)ccc2Br)CCO1. The third kappa shape index (κ3) is 2.84. The zero-order valence-electron chi connectivity index (χ0n) is 10.6. The number of ether oxygens (including phenoxy) is 1. The molecule has 0 atom stereocenters. The van der Waals surface area contributed by atoms with Crippen LogP contribution in [0.3, 0.4) is 0 Å². The summed E-state index contributed by atoms with van der Waals surface area (Å²) in [6.45, 7) is 5.75. The first-order valence-electron chi connectivity index (χ1n) is 5.87. The second-order valence-electron chi connectivity index (χ2n) is 5.07. The first kappa shape index (κ1) is 13.4. The molecule has 1 aromatic rings. The van der Waals surface area contributed by atoms with Gasteiger partial charge in [0.2, 0.25) is 0 Å². The average Bonchev–Trinajstić information content (AvgIpc) is 2.30. The first-order chi connectivity index (χ1) is 8.39. The lowest BCUT2D eigenvalue weighted by molar-refractivity contribution is -0.0764. The van der Waals surface area contributed by atoms with Crippen LogP contribution in [0.4, 0.5) is 5.69 Å². The van der Waals surface area contributed by atoms with Crippen molar-refractivity contribution in [2.75, 3.05) is 25.4 Å². The maximum absolute atomic E-state index is 12.4. The van der Waals surface area contributed by atoms with E-state index in [0.29, 0.717) is 30.9 Å². The highest BCUT2D eigenvalue weighted by Crippen LogP contribution is 2.24. The summed E-state index contributed by atoms with van der Waals surface area (Å²) >= 11 is 3.39. The van der Waals surface area contributed by atoms with Gasteiger partial charge in [-0.3, -0.25) is 4.79 Å². The number of nitrogen functional groups attached to an aromatic ring is 1. The van der Waals surface area contributed by atoms with E-state index in [2.05, 4.69) is 15.9 Å². The van der Waals surface area contributed by atoms with E-state index in [1.54, 1.807) is 18.2 Å². The summed E-state index contributed by atoms with van der Waals surface area (Å²) in [7, 11) is 0. The number of carbonyl (C=O) groups excluding carboxylic acids is 1. The van der Waals surface area contributed by atoms with Gasteiger partial charge in [-0.05, 0) is 48.0 Å². The lowest BCUT2D eigenvalue weighted by atomic mass is 10.1. The van der Waals surface area contributed by atoms with Crippen molar-refractivity contribution in [2.24, 2.45) is 0 Å². The van der Waals surface area contributed by atoms with Gasteiger partial charge in [0.05, 0.1) is 17.8 Å². The van der Waals surface area contributed by atoms with Crippen molar-refractivity contribution >= 4 is 27.5 Å². The topological polar surface area (TPSA) is 55.6 Å². The Balaban J connectivity index is 2.23. The van der Waals surface area contributed by atoms with E-state index in [1.165, 1.54) is 0 Å². The quantitative estimate of drug-likeness (QED) is 0.809. The molecule has 1 aromatic carbocycles. The van der Waals surface area contributed by atoms with E-state index in [9.17, 15) is 4.79 Å². The van der Waals surface area contributed by atoms with Crippen LogP contribution in [0.2, 0.25) is 0 Å². The molecule has 0 saturated carbocycles. The van der Waals surface area contributed by atoms with Gasteiger partial charge in [-0.15, -0.1) is 0 Å². The summed E-state index contributed by atoms with van der Waals surface area (Å²) in [5.74, 6) is -0.00875. The predicted molar refractivity (Wildman–Crippen MR) is 74.5 cm³/mol. The molecule has 1 saturated heterocycles. The van der Waals surface area contributed by atoms with Crippen LogP contribution in [0.15, 0.2) is 22.7 Å². The molecule has 18 heavy (non-hydrogen) atoms. The average molecular weight is 313 g/mol. The van der Waals surface area contributed by atoms with Crippen LogP contribution in [0.25, 0.3) is 0 Å². The molecule has 0 aromatic heterocycles. The Hall–Kier alpha value is -1.07. The van der Waals surface area contributed by atoms with Gasteiger partial charge in [0, 0.05) is 23.2 Å². The van der Waals surface area contributed by atoms with Crippen molar-refractivity contribution in [3.05, 3.63) is 28.2 Å². The molecule has 1 aliphatic heterocycles. The Morgan fingerprint density at radius 1 is 1.50 bits per heavy atom. The number of hydrogen-bond donors (Lipinski definition) is 1. The molecule has 5 heteroatoms. The maximum atomic E-state index is 12.4. The summed E-state index contributed by atoms with van der Waals surface area (Å²) in [5.41, 5.74) is 6.64. The zero-order chi connectivity index (χ0) is 13.3. The summed E-state index contributed by atoms with van der Waals surface area (Å²) < 4.78 is 6.37. The van der Waals surface area contributed by atoms with Gasteiger partial charge in [-0.25, -0.2) is 0 Å². The van der Waals surface area contributed by atoms with Crippen molar-refractivity contribution in [3.63, 3.8) is 0 Å². The Kier molecular flexibility index (Phi) is 3.64. The Bertz CT molecular complexity index is 474. The zero-order valence-corrected chi connectivity index (χ0v) is 12.2. The van der Waals surface area contributed by atoms with Gasteiger partial charge in [0.15, 0.2) is 0 Å². The van der Waals surface area contributed by atoms with Crippen LogP contribution in [0.1, 0.15) is 24.2 Å².